The lowest BCUT2D eigenvalue weighted by Crippen LogP contribution is -2.35. The third-order valence-corrected chi connectivity index (χ3v) is 3.67. The molecule has 1 saturated heterocycles. The number of benzene rings is 1. The smallest absolute Gasteiger partial charge is 0.253 e. The van der Waals surface area contributed by atoms with Crippen LogP contribution in [-0.2, 0) is 4.74 Å². The molecule has 1 atom stereocenters. The highest BCUT2D eigenvalue weighted by molar-refractivity contribution is 5.97. The molecule has 0 aliphatic carbocycles. The number of amides is 1. The zero-order chi connectivity index (χ0) is 14.5. The molecule has 0 saturated carbocycles. The Hall–Kier alpha value is -1.68. The van der Waals surface area contributed by atoms with Crippen molar-refractivity contribution in [1.82, 2.24) is 4.90 Å². The molecular formula is C16H21NO3. The first-order valence-electron chi connectivity index (χ1n) is 7.02. The van der Waals surface area contributed by atoms with Crippen molar-refractivity contribution in [3.05, 3.63) is 35.4 Å². The molecule has 2 rings (SSSR count). The summed E-state index contributed by atoms with van der Waals surface area (Å²) < 4.78 is 5.44. The Morgan fingerprint density at radius 1 is 1.25 bits per heavy atom. The van der Waals surface area contributed by atoms with Crippen LogP contribution < -0.4 is 0 Å². The van der Waals surface area contributed by atoms with Crippen molar-refractivity contribution in [1.29, 1.82) is 0 Å². The fourth-order valence-corrected chi connectivity index (χ4v) is 2.49. The SMILES string of the molecule is CC(=O)c1ccc(C(=O)N(C)C[C@H]2CCCOC2)cc1. The topological polar surface area (TPSA) is 46.6 Å². The maximum atomic E-state index is 12.3. The van der Waals surface area contributed by atoms with E-state index in [1.165, 1.54) is 6.92 Å². The van der Waals surface area contributed by atoms with Crippen molar-refractivity contribution >= 4 is 11.7 Å². The molecule has 1 aromatic rings. The van der Waals surface area contributed by atoms with Crippen LogP contribution in [0.5, 0.6) is 0 Å². The van der Waals surface area contributed by atoms with Crippen molar-refractivity contribution in [2.24, 2.45) is 5.92 Å². The van der Waals surface area contributed by atoms with Crippen molar-refractivity contribution < 1.29 is 14.3 Å². The lowest BCUT2D eigenvalue weighted by molar-refractivity contribution is 0.0388. The molecule has 4 heteroatoms. The van der Waals surface area contributed by atoms with E-state index in [2.05, 4.69) is 0 Å². The van der Waals surface area contributed by atoms with E-state index in [-0.39, 0.29) is 11.7 Å². The highest BCUT2D eigenvalue weighted by Crippen LogP contribution is 2.16. The summed E-state index contributed by atoms with van der Waals surface area (Å²) in [5, 5.41) is 0. The minimum Gasteiger partial charge on any atom is -0.381 e. The quantitative estimate of drug-likeness (QED) is 0.793. The van der Waals surface area contributed by atoms with E-state index in [1.54, 1.807) is 29.2 Å². The number of hydrogen-bond acceptors (Lipinski definition) is 3. The summed E-state index contributed by atoms with van der Waals surface area (Å²) >= 11 is 0. The molecule has 1 amide bonds. The van der Waals surface area contributed by atoms with Crippen LogP contribution in [-0.4, -0.2) is 43.4 Å². The van der Waals surface area contributed by atoms with Gasteiger partial charge in [-0.15, -0.1) is 0 Å². The second-order valence-electron chi connectivity index (χ2n) is 5.40. The van der Waals surface area contributed by atoms with Crippen molar-refractivity contribution in [3.8, 4) is 0 Å². The van der Waals surface area contributed by atoms with E-state index < -0.39 is 0 Å². The molecule has 1 heterocycles. The average Bonchev–Trinajstić information content (AvgIpc) is 2.47. The maximum Gasteiger partial charge on any atom is 0.253 e. The van der Waals surface area contributed by atoms with Crippen LogP contribution in [0.4, 0.5) is 0 Å². The summed E-state index contributed by atoms with van der Waals surface area (Å²) in [5.74, 6) is 0.427. The molecule has 1 aliphatic rings. The van der Waals surface area contributed by atoms with E-state index >= 15 is 0 Å². The van der Waals surface area contributed by atoms with E-state index in [4.69, 9.17) is 4.74 Å². The molecule has 0 radical (unpaired) electrons. The van der Waals surface area contributed by atoms with Crippen LogP contribution in [0.15, 0.2) is 24.3 Å². The first-order chi connectivity index (χ1) is 9.58. The van der Waals surface area contributed by atoms with Gasteiger partial charge in [0.25, 0.3) is 5.91 Å². The van der Waals surface area contributed by atoms with Gasteiger partial charge >= 0.3 is 0 Å². The number of rotatable bonds is 4. The van der Waals surface area contributed by atoms with Gasteiger partial charge < -0.3 is 9.64 Å². The Labute approximate surface area is 119 Å². The number of carbonyl (C=O) groups excluding carboxylic acids is 2. The highest BCUT2D eigenvalue weighted by atomic mass is 16.5. The summed E-state index contributed by atoms with van der Waals surface area (Å²) in [4.78, 5) is 25.3. The second kappa shape index (κ2) is 6.66. The first kappa shape index (κ1) is 14.7. The number of ether oxygens (including phenoxy) is 1. The minimum atomic E-state index is -0.00863. The van der Waals surface area contributed by atoms with Crippen molar-refractivity contribution in [2.45, 2.75) is 19.8 Å². The van der Waals surface area contributed by atoms with Gasteiger partial charge in [-0.05, 0) is 37.8 Å². The number of hydrogen-bond donors (Lipinski definition) is 0. The zero-order valence-electron chi connectivity index (χ0n) is 12.1. The van der Waals surface area contributed by atoms with Crippen LogP contribution in [0, 0.1) is 5.92 Å². The van der Waals surface area contributed by atoms with Gasteiger partial charge in [-0.2, -0.15) is 0 Å². The summed E-state index contributed by atoms with van der Waals surface area (Å²) in [6.07, 6.45) is 2.18. The predicted molar refractivity (Wildman–Crippen MR) is 77.0 cm³/mol. The molecule has 0 unspecified atom stereocenters. The van der Waals surface area contributed by atoms with Gasteiger partial charge in [-0.25, -0.2) is 0 Å². The van der Waals surface area contributed by atoms with Crippen LogP contribution in [0.25, 0.3) is 0 Å². The van der Waals surface area contributed by atoms with Crippen molar-refractivity contribution in [3.63, 3.8) is 0 Å². The largest absolute Gasteiger partial charge is 0.381 e. The lowest BCUT2D eigenvalue weighted by atomic mass is 10.0. The van der Waals surface area contributed by atoms with Gasteiger partial charge in [0.1, 0.15) is 0 Å². The number of Topliss-reactive ketones (excluding diaryl/α,β-unsaturated/α-hetero) is 1. The van der Waals surface area contributed by atoms with Crippen LogP contribution >= 0.6 is 0 Å². The standard InChI is InChI=1S/C16H21NO3/c1-12(18)14-5-7-15(8-6-14)16(19)17(2)10-13-4-3-9-20-11-13/h5-8,13H,3-4,9-11H2,1-2H3/t13-/m1/s1. The minimum absolute atomic E-state index is 0.00863. The molecule has 1 aromatic carbocycles. The van der Waals surface area contributed by atoms with Gasteiger partial charge in [-0.3, -0.25) is 9.59 Å². The Morgan fingerprint density at radius 3 is 2.45 bits per heavy atom. The molecule has 1 aliphatic heterocycles. The molecule has 20 heavy (non-hydrogen) atoms. The van der Waals surface area contributed by atoms with Crippen molar-refractivity contribution in [2.75, 3.05) is 26.8 Å². The summed E-state index contributed by atoms with van der Waals surface area (Å²) in [7, 11) is 1.82. The monoisotopic (exact) mass is 275 g/mol. The highest BCUT2D eigenvalue weighted by Gasteiger charge is 2.19. The summed E-state index contributed by atoms with van der Waals surface area (Å²) in [6, 6.07) is 6.83. The number of ketones is 1. The molecule has 108 valence electrons. The third-order valence-electron chi connectivity index (χ3n) is 3.67. The average molecular weight is 275 g/mol. The molecule has 0 bridgehead atoms. The summed E-state index contributed by atoms with van der Waals surface area (Å²) in [6.45, 7) is 3.81. The number of carbonyl (C=O) groups is 2. The molecule has 0 aromatic heterocycles. The number of nitrogens with zero attached hydrogens (tertiary/aromatic N) is 1. The van der Waals surface area contributed by atoms with Crippen LogP contribution in [0.3, 0.4) is 0 Å². The van der Waals surface area contributed by atoms with E-state index in [1.807, 2.05) is 7.05 Å². The van der Waals surface area contributed by atoms with Gasteiger partial charge in [0.15, 0.2) is 5.78 Å². The molecule has 1 fully saturated rings. The van der Waals surface area contributed by atoms with Crippen LogP contribution in [0.1, 0.15) is 40.5 Å². The summed E-state index contributed by atoms with van der Waals surface area (Å²) in [5.41, 5.74) is 1.25. The van der Waals surface area contributed by atoms with Crippen LogP contribution in [0.2, 0.25) is 0 Å². The molecular weight excluding hydrogens is 254 g/mol. The van der Waals surface area contributed by atoms with E-state index in [9.17, 15) is 9.59 Å². The Morgan fingerprint density at radius 2 is 1.90 bits per heavy atom. The molecule has 0 N–H and O–H groups in total. The van der Waals surface area contributed by atoms with Gasteiger partial charge in [0.05, 0.1) is 6.61 Å². The zero-order valence-corrected chi connectivity index (χ0v) is 12.1. The van der Waals surface area contributed by atoms with E-state index in [0.29, 0.717) is 23.6 Å². The third kappa shape index (κ3) is 3.67. The van der Waals surface area contributed by atoms with Gasteiger partial charge in [0, 0.05) is 31.3 Å². The normalized spacial score (nSPS) is 18.6. The lowest BCUT2D eigenvalue weighted by Gasteiger charge is -2.27. The second-order valence-corrected chi connectivity index (χ2v) is 5.40. The Kier molecular flexibility index (Phi) is 4.90. The maximum absolute atomic E-state index is 12.3. The fraction of sp³-hybridized carbons (Fsp3) is 0.500. The molecule has 0 spiro atoms. The Bertz CT molecular complexity index is 475. The van der Waals surface area contributed by atoms with Gasteiger partial charge in [0.2, 0.25) is 0 Å². The molecule has 4 nitrogen and oxygen atoms in total. The predicted octanol–water partition coefficient (Wildman–Crippen LogP) is 2.39. The van der Waals surface area contributed by atoms with E-state index in [0.717, 1.165) is 26.1 Å². The Balaban J connectivity index is 1.96. The van der Waals surface area contributed by atoms with Gasteiger partial charge in [-0.1, -0.05) is 12.1 Å². The first-order valence-corrected chi connectivity index (χ1v) is 7.02. The fourth-order valence-electron chi connectivity index (χ4n) is 2.49.